The number of benzene rings is 2. The topological polar surface area (TPSA) is 96.1 Å². The van der Waals surface area contributed by atoms with Gasteiger partial charge >= 0.3 is 0 Å². The first-order valence-corrected chi connectivity index (χ1v) is 15.5. The van der Waals surface area contributed by atoms with Crippen LogP contribution < -0.4 is 4.57 Å². The zero-order valence-electron chi connectivity index (χ0n) is 25.0. The van der Waals surface area contributed by atoms with Crippen LogP contribution in [0.15, 0.2) is 115 Å². The van der Waals surface area contributed by atoms with Crippen molar-refractivity contribution in [3.05, 3.63) is 116 Å². The molecule has 0 bridgehead atoms. The average Bonchev–Trinajstić information content (AvgIpc) is 3.81. The zero-order valence-corrected chi connectivity index (χ0v) is 25.8. The normalized spacial score (nSPS) is 11.4. The molecule has 2 N–H and O–H groups in total. The number of aromatic amines is 2. The molecular formula is C33H37FN7OS+. The Labute approximate surface area is 254 Å². The van der Waals surface area contributed by atoms with Gasteiger partial charge in [-0.1, -0.05) is 12.1 Å². The molecule has 1 atom stereocenters. The lowest BCUT2D eigenvalue weighted by atomic mass is 10.1. The number of nitrogens with one attached hydrogen (secondary N) is 2. The van der Waals surface area contributed by atoms with Gasteiger partial charge in [-0.3, -0.25) is 14.2 Å². The van der Waals surface area contributed by atoms with E-state index in [-0.39, 0.29) is 5.82 Å². The lowest BCUT2D eigenvalue weighted by Crippen LogP contribution is -2.32. The monoisotopic (exact) mass is 598 g/mol. The molecule has 0 aliphatic heterocycles. The number of rotatable bonds is 6. The highest BCUT2D eigenvalue weighted by Gasteiger charge is 2.15. The van der Waals surface area contributed by atoms with Crippen LogP contribution in [0.1, 0.15) is 39.8 Å². The van der Waals surface area contributed by atoms with E-state index in [2.05, 4.69) is 56.8 Å². The van der Waals surface area contributed by atoms with Gasteiger partial charge in [0.25, 0.3) is 0 Å². The first kappa shape index (κ1) is 31.2. The maximum absolute atomic E-state index is 13.3. The average molecular weight is 599 g/mol. The first-order chi connectivity index (χ1) is 20.7. The van der Waals surface area contributed by atoms with Gasteiger partial charge in [0, 0.05) is 69.5 Å². The molecule has 222 valence electrons. The van der Waals surface area contributed by atoms with Crippen LogP contribution in [-0.4, -0.2) is 40.0 Å². The minimum atomic E-state index is -1.03. The van der Waals surface area contributed by atoms with E-state index in [0.717, 1.165) is 33.0 Å². The molecule has 0 radical (unpaired) electrons. The van der Waals surface area contributed by atoms with Gasteiger partial charge in [0.05, 0.1) is 23.8 Å². The summed E-state index contributed by atoms with van der Waals surface area (Å²) in [6.07, 6.45) is 16.5. The summed E-state index contributed by atoms with van der Waals surface area (Å²) < 4.78 is 29.1. The van der Waals surface area contributed by atoms with E-state index in [4.69, 9.17) is 4.98 Å². The fourth-order valence-electron chi connectivity index (χ4n) is 4.06. The summed E-state index contributed by atoms with van der Waals surface area (Å²) in [5.41, 5.74) is 4.21. The molecule has 0 fully saturated rings. The number of aromatic nitrogens is 7. The fraction of sp³-hybridized carbons (Fsp3) is 0.212. The van der Waals surface area contributed by atoms with E-state index in [1.165, 1.54) is 12.1 Å². The highest BCUT2D eigenvalue weighted by molar-refractivity contribution is 7.84. The van der Waals surface area contributed by atoms with Gasteiger partial charge in [-0.15, -0.1) is 0 Å². The highest BCUT2D eigenvalue weighted by Crippen LogP contribution is 2.33. The maximum Gasteiger partial charge on any atom is 0.241 e. The molecule has 1 unspecified atom stereocenters. The van der Waals surface area contributed by atoms with Crippen LogP contribution in [0.5, 0.6) is 0 Å². The second-order valence-corrected chi connectivity index (χ2v) is 11.7. The molecule has 0 saturated heterocycles. The number of H-pyrrole nitrogens is 2. The van der Waals surface area contributed by atoms with E-state index in [9.17, 15) is 8.60 Å². The van der Waals surface area contributed by atoms with Crippen LogP contribution in [0.4, 0.5) is 4.39 Å². The Morgan fingerprint density at radius 3 is 2.02 bits per heavy atom. The Morgan fingerprint density at radius 2 is 1.53 bits per heavy atom. The number of imidazole rings is 3. The van der Waals surface area contributed by atoms with Crippen LogP contribution in [0, 0.1) is 5.82 Å². The summed E-state index contributed by atoms with van der Waals surface area (Å²) in [6.45, 7) is 8.55. The van der Waals surface area contributed by atoms with Crippen LogP contribution in [0.2, 0.25) is 0 Å². The largest absolute Gasteiger partial charge is 0.337 e. The summed E-state index contributed by atoms with van der Waals surface area (Å²) in [4.78, 5) is 19.8. The van der Waals surface area contributed by atoms with E-state index in [1.54, 1.807) is 37.0 Å². The van der Waals surface area contributed by atoms with Crippen molar-refractivity contribution in [1.29, 1.82) is 0 Å². The third kappa shape index (κ3) is 8.65. The molecule has 4 aromatic heterocycles. The molecule has 6 rings (SSSR count). The van der Waals surface area contributed by atoms with Crippen molar-refractivity contribution in [3.63, 3.8) is 0 Å². The molecule has 0 aliphatic carbocycles. The zero-order chi connectivity index (χ0) is 30.8. The van der Waals surface area contributed by atoms with Gasteiger partial charge in [-0.2, -0.15) is 0 Å². The summed E-state index contributed by atoms with van der Waals surface area (Å²) >= 11 is 0. The van der Waals surface area contributed by atoms with Crippen LogP contribution in [-0.2, 0) is 10.8 Å². The van der Waals surface area contributed by atoms with Gasteiger partial charge in [0.2, 0.25) is 6.33 Å². The number of hydrogen-bond acceptors (Lipinski definition) is 4. The molecule has 43 heavy (non-hydrogen) atoms. The van der Waals surface area contributed by atoms with Crippen molar-refractivity contribution in [3.8, 4) is 33.9 Å². The molecule has 2 aromatic carbocycles. The van der Waals surface area contributed by atoms with Crippen molar-refractivity contribution in [2.45, 2.75) is 44.7 Å². The number of nitrogens with zero attached hydrogens (tertiary/aromatic N) is 5. The first-order valence-electron chi connectivity index (χ1n) is 13.9. The van der Waals surface area contributed by atoms with Crippen molar-refractivity contribution in [2.24, 2.45) is 0 Å². The second kappa shape index (κ2) is 15.0. The third-order valence-corrected chi connectivity index (χ3v) is 7.47. The smallest absolute Gasteiger partial charge is 0.241 e. The summed E-state index contributed by atoms with van der Waals surface area (Å²) in [5, 5.41) is 0. The molecule has 0 aliphatic rings. The van der Waals surface area contributed by atoms with Crippen LogP contribution in [0.3, 0.4) is 0 Å². The van der Waals surface area contributed by atoms with Crippen LogP contribution in [0.25, 0.3) is 33.9 Å². The van der Waals surface area contributed by atoms with E-state index in [1.807, 2.05) is 67.6 Å². The summed E-state index contributed by atoms with van der Waals surface area (Å²) in [5.74, 6) is 0.401. The Morgan fingerprint density at radius 1 is 0.860 bits per heavy atom. The van der Waals surface area contributed by atoms with Crippen molar-refractivity contribution in [1.82, 2.24) is 29.5 Å². The second-order valence-electron chi connectivity index (χ2n) is 10.3. The molecule has 6 aromatic rings. The van der Waals surface area contributed by atoms with Gasteiger partial charge in [-0.05, 0) is 76.2 Å². The maximum atomic E-state index is 13.3. The molecule has 0 saturated carbocycles. The van der Waals surface area contributed by atoms with Crippen LogP contribution >= 0.6 is 0 Å². The standard InChI is InChI=1S/C21H16FN3OS.2C6H10N2/c1-27(26)18-8-4-16(5-9-18)21-24-19(14-2-6-17(22)7-3-14)20(25-21)15-10-12-23-13-11-15;2*1-6(2)8-4-3-7-5-8/h2-13H,1H3,(H,24,25);2*3-6H,1-2H3/p+1. The van der Waals surface area contributed by atoms with Crippen molar-refractivity contribution < 1.29 is 13.2 Å². The minimum absolute atomic E-state index is 0.289. The predicted molar refractivity (Wildman–Crippen MR) is 169 cm³/mol. The molecule has 8 nitrogen and oxygen atoms in total. The molecule has 4 heterocycles. The predicted octanol–water partition coefficient (Wildman–Crippen LogP) is 7.03. The van der Waals surface area contributed by atoms with Gasteiger partial charge in [0.15, 0.2) is 0 Å². The van der Waals surface area contributed by atoms with E-state index >= 15 is 0 Å². The minimum Gasteiger partial charge on any atom is -0.337 e. The van der Waals surface area contributed by atoms with Gasteiger partial charge in [-0.25, -0.2) is 18.9 Å². The Bertz CT molecular complexity index is 1640. The molecule has 0 amide bonds. The lowest BCUT2D eigenvalue weighted by Gasteiger charge is -2.02. The Kier molecular flexibility index (Phi) is 10.9. The van der Waals surface area contributed by atoms with Gasteiger partial charge < -0.3 is 9.55 Å². The lowest BCUT2D eigenvalue weighted by molar-refractivity contribution is -0.715. The SMILES string of the molecule is CC(C)[n+]1cc[nH]c1.CC(C)n1ccnc1.CS(=O)c1ccc(-c2nc(-c3ccc(F)cc3)c(-c3ccncc3)[nH]2)cc1. The number of halogens is 1. The summed E-state index contributed by atoms with van der Waals surface area (Å²) in [7, 11) is -1.03. The van der Waals surface area contributed by atoms with E-state index in [0.29, 0.717) is 17.9 Å². The molecule has 0 spiro atoms. The van der Waals surface area contributed by atoms with E-state index < -0.39 is 10.8 Å². The Balaban J connectivity index is 0.000000215. The number of hydrogen-bond donors (Lipinski definition) is 2. The molecule has 10 heteroatoms. The quantitative estimate of drug-likeness (QED) is 0.201. The summed E-state index contributed by atoms with van der Waals surface area (Å²) in [6, 6.07) is 18.6. The van der Waals surface area contributed by atoms with Crippen molar-refractivity contribution >= 4 is 10.8 Å². The third-order valence-electron chi connectivity index (χ3n) is 6.53. The van der Waals surface area contributed by atoms with Gasteiger partial charge in [0.1, 0.15) is 24.0 Å². The highest BCUT2D eigenvalue weighted by atomic mass is 32.2. The number of pyridine rings is 1. The Hall–Kier alpha value is -4.70. The molecular weight excluding hydrogens is 561 g/mol. The fourth-order valence-corrected chi connectivity index (χ4v) is 4.58. The van der Waals surface area contributed by atoms with Crippen molar-refractivity contribution in [2.75, 3.05) is 6.26 Å².